The van der Waals surface area contributed by atoms with Crippen LogP contribution in [-0.2, 0) is 6.18 Å². The Morgan fingerprint density at radius 2 is 1.88 bits per heavy atom. The van der Waals surface area contributed by atoms with E-state index in [2.05, 4.69) is 36.3 Å². The van der Waals surface area contributed by atoms with Crippen molar-refractivity contribution in [2.24, 2.45) is 0 Å². The molecule has 1 aliphatic heterocycles. The van der Waals surface area contributed by atoms with E-state index < -0.39 is 17.6 Å². The van der Waals surface area contributed by atoms with Crippen molar-refractivity contribution in [2.75, 3.05) is 36.1 Å². The summed E-state index contributed by atoms with van der Waals surface area (Å²) < 4.78 is 42.8. The minimum absolute atomic E-state index is 0.0675. The number of rotatable bonds is 7. The van der Waals surface area contributed by atoms with Crippen LogP contribution in [0.25, 0.3) is 11.4 Å². The van der Waals surface area contributed by atoms with Crippen LogP contribution in [0.3, 0.4) is 0 Å². The highest BCUT2D eigenvalue weighted by Gasteiger charge is 2.32. The number of alkyl halides is 3. The average Bonchev–Trinajstić information content (AvgIpc) is 3.34. The first-order chi connectivity index (χ1) is 19.6. The Morgan fingerprint density at radius 3 is 2.61 bits per heavy atom. The van der Waals surface area contributed by atoms with E-state index in [-0.39, 0.29) is 5.56 Å². The number of benzene rings is 2. The molecule has 41 heavy (non-hydrogen) atoms. The van der Waals surface area contributed by atoms with Gasteiger partial charge in [-0.1, -0.05) is 12.1 Å². The summed E-state index contributed by atoms with van der Waals surface area (Å²) in [6.07, 6.45) is -0.717. The number of amides is 1. The summed E-state index contributed by atoms with van der Waals surface area (Å²) in [5, 5.41) is 16.8. The van der Waals surface area contributed by atoms with Gasteiger partial charge in [-0.15, -0.1) is 0 Å². The Labute approximate surface area is 234 Å². The zero-order chi connectivity index (χ0) is 29.1. The first-order valence-corrected chi connectivity index (χ1v) is 13.0. The molecule has 0 fully saturated rings. The Bertz CT molecular complexity index is 1630. The maximum atomic E-state index is 13.7. The molecule has 3 heterocycles. The molecule has 0 spiro atoms. The molecule has 5 rings (SSSR count). The highest BCUT2D eigenvalue weighted by Crippen LogP contribution is 2.34. The Balaban J connectivity index is 1.42. The lowest BCUT2D eigenvalue weighted by molar-refractivity contribution is -0.137. The molecule has 0 aliphatic carbocycles. The maximum Gasteiger partial charge on any atom is 0.416 e. The van der Waals surface area contributed by atoms with Crippen molar-refractivity contribution >= 4 is 34.5 Å². The first kappa shape index (κ1) is 27.8. The molecule has 4 N–H and O–H groups in total. The summed E-state index contributed by atoms with van der Waals surface area (Å²) in [4.78, 5) is 21.7. The number of halogens is 3. The summed E-state index contributed by atoms with van der Waals surface area (Å²) >= 11 is 0. The van der Waals surface area contributed by atoms with Crippen LogP contribution in [0.4, 0.5) is 36.2 Å². The highest BCUT2D eigenvalue weighted by molar-refractivity contribution is 6.05. The number of nitrogens with zero attached hydrogens (tertiary/aromatic N) is 4. The molecule has 0 saturated carbocycles. The number of nitrogens with one attached hydrogen (secondary N) is 4. The molecule has 2 aromatic heterocycles. The van der Waals surface area contributed by atoms with Crippen molar-refractivity contribution in [1.82, 2.24) is 25.1 Å². The fourth-order valence-electron chi connectivity index (χ4n) is 4.53. The minimum Gasteiger partial charge on any atom is -0.373 e. The second-order valence-electron chi connectivity index (χ2n) is 9.68. The van der Waals surface area contributed by atoms with Crippen molar-refractivity contribution in [1.29, 1.82) is 0 Å². The number of hydrogen-bond donors (Lipinski definition) is 4. The molecule has 0 atom stereocenters. The van der Waals surface area contributed by atoms with E-state index in [0.29, 0.717) is 53.9 Å². The lowest BCUT2D eigenvalue weighted by Gasteiger charge is -2.18. The molecular weight excluding hydrogens is 533 g/mol. The van der Waals surface area contributed by atoms with Crippen LogP contribution in [0.1, 0.15) is 39.2 Å². The normalized spacial score (nSPS) is 13.5. The zero-order valence-electron chi connectivity index (χ0n) is 22.7. The molecule has 0 unspecified atom stereocenters. The molecule has 12 heteroatoms. The van der Waals surface area contributed by atoms with Crippen LogP contribution in [0.5, 0.6) is 0 Å². The molecule has 4 aromatic rings. The number of carbonyl (C=O) groups excluding carboxylic acids is 1. The van der Waals surface area contributed by atoms with E-state index in [1.807, 2.05) is 32.1 Å². The number of aromatic nitrogens is 4. The van der Waals surface area contributed by atoms with Crippen molar-refractivity contribution in [2.45, 2.75) is 26.4 Å². The summed E-state index contributed by atoms with van der Waals surface area (Å²) in [5.74, 6) is 1.17. The van der Waals surface area contributed by atoms with Gasteiger partial charge in [-0.2, -0.15) is 23.0 Å². The van der Waals surface area contributed by atoms with Crippen LogP contribution in [0.2, 0.25) is 0 Å². The van der Waals surface area contributed by atoms with Crippen LogP contribution in [0, 0.1) is 13.8 Å². The Kier molecular flexibility index (Phi) is 7.75. The SMILES string of the molecule is CNc1cc(-n2nc(C)cc2Nc2cc(NC(=O)c3cc(C4=CCNCC4)cc(C(F)(F)F)c3)ccc2C)ncn1. The monoisotopic (exact) mass is 562 g/mol. The number of hydrogen-bond acceptors (Lipinski definition) is 7. The molecule has 2 aromatic carbocycles. The smallest absolute Gasteiger partial charge is 0.373 e. The molecule has 1 aliphatic rings. The zero-order valence-corrected chi connectivity index (χ0v) is 22.7. The fraction of sp³-hybridized carbons (Fsp3) is 0.241. The van der Waals surface area contributed by atoms with Crippen molar-refractivity contribution in [3.05, 3.63) is 88.9 Å². The van der Waals surface area contributed by atoms with Gasteiger partial charge in [0.1, 0.15) is 18.0 Å². The van der Waals surface area contributed by atoms with E-state index in [9.17, 15) is 18.0 Å². The maximum absolute atomic E-state index is 13.7. The Morgan fingerprint density at radius 1 is 1.05 bits per heavy atom. The van der Waals surface area contributed by atoms with Crippen LogP contribution < -0.4 is 21.3 Å². The molecule has 212 valence electrons. The number of aryl methyl sites for hydroxylation is 2. The van der Waals surface area contributed by atoms with Gasteiger partial charge in [-0.25, -0.2) is 9.97 Å². The first-order valence-electron chi connectivity index (χ1n) is 13.0. The molecule has 0 radical (unpaired) electrons. The van der Waals surface area contributed by atoms with Gasteiger partial charge < -0.3 is 21.3 Å². The largest absolute Gasteiger partial charge is 0.416 e. The summed E-state index contributed by atoms with van der Waals surface area (Å²) in [6.45, 7) is 4.99. The third-order valence-corrected chi connectivity index (χ3v) is 6.67. The van der Waals surface area contributed by atoms with E-state index in [0.717, 1.165) is 29.0 Å². The topological polar surface area (TPSA) is 109 Å². The van der Waals surface area contributed by atoms with E-state index >= 15 is 0 Å². The minimum atomic E-state index is -4.59. The average molecular weight is 563 g/mol. The van der Waals surface area contributed by atoms with Gasteiger partial charge in [0, 0.05) is 42.7 Å². The van der Waals surface area contributed by atoms with Gasteiger partial charge in [-0.05, 0) is 73.8 Å². The predicted molar refractivity (Wildman–Crippen MR) is 153 cm³/mol. The molecule has 0 saturated heterocycles. The summed E-state index contributed by atoms with van der Waals surface area (Å²) in [6, 6.07) is 12.3. The molecule has 0 bridgehead atoms. The van der Waals surface area contributed by atoms with Gasteiger partial charge >= 0.3 is 6.18 Å². The molecular formula is C29H29F3N8O. The van der Waals surface area contributed by atoms with Gasteiger partial charge in [0.15, 0.2) is 5.82 Å². The van der Waals surface area contributed by atoms with Crippen LogP contribution in [0.15, 0.2) is 60.9 Å². The van der Waals surface area contributed by atoms with Crippen LogP contribution >= 0.6 is 0 Å². The summed E-state index contributed by atoms with van der Waals surface area (Å²) in [7, 11) is 1.76. The van der Waals surface area contributed by atoms with Crippen molar-refractivity contribution in [3.63, 3.8) is 0 Å². The van der Waals surface area contributed by atoms with Gasteiger partial charge in [0.25, 0.3) is 5.91 Å². The predicted octanol–water partition coefficient (Wildman–Crippen LogP) is 5.71. The Hall–Kier alpha value is -4.71. The van der Waals surface area contributed by atoms with Crippen molar-refractivity contribution in [3.8, 4) is 5.82 Å². The quantitative estimate of drug-likeness (QED) is 0.228. The second kappa shape index (κ2) is 11.4. The third-order valence-electron chi connectivity index (χ3n) is 6.67. The highest BCUT2D eigenvalue weighted by atomic mass is 19.4. The van der Waals surface area contributed by atoms with Crippen LogP contribution in [-0.4, -0.2) is 45.8 Å². The van der Waals surface area contributed by atoms with Gasteiger partial charge in [-0.3, -0.25) is 4.79 Å². The van der Waals surface area contributed by atoms with E-state index in [1.54, 1.807) is 29.9 Å². The lowest BCUT2D eigenvalue weighted by Crippen LogP contribution is -2.20. The van der Waals surface area contributed by atoms with E-state index in [4.69, 9.17) is 0 Å². The fourth-order valence-corrected chi connectivity index (χ4v) is 4.53. The summed E-state index contributed by atoms with van der Waals surface area (Å²) in [5.41, 5.74) is 2.98. The lowest BCUT2D eigenvalue weighted by atomic mass is 9.95. The number of anilines is 4. The van der Waals surface area contributed by atoms with E-state index in [1.165, 1.54) is 12.4 Å². The van der Waals surface area contributed by atoms with Crippen molar-refractivity contribution < 1.29 is 18.0 Å². The van der Waals surface area contributed by atoms with Gasteiger partial charge in [0.05, 0.1) is 11.3 Å². The second-order valence-corrected chi connectivity index (χ2v) is 9.68. The third kappa shape index (κ3) is 6.38. The molecule has 1 amide bonds. The number of carbonyl (C=O) groups is 1. The molecule has 9 nitrogen and oxygen atoms in total. The van der Waals surface area contributed by atoms with Gasteiger partial charge in [0.2, 0.25) is 0 Å². The standard InChI is InChI=1S/C29H29F3N8O/c1-17-4-5-23(14-24(17)38-27-10-18(2)39-40(27)26-15-25(33-3)35-16-36-26)37-28(41)21-11-20(19-6-8-34-9-7-19)12-22(13-21)29(30,31)32/h4-6,10-16,34,38H,7-9H2,1-3H3,(H,37,41)(H,33,35,36).